The molecule has 0 bridgehead atoms. The maximum Gasteiger partial charge on any atom is 0.0540 e. The van der Waals surface area contributed by atoms with E-state index in [0.717, 1.165) is 23.5 Å². The number of fused-ring (bicyclic) bond motifs is 1. The van der Waals surface area contributed by atoms with Crippen molar-refractivity contribution in [1.82, 2.24) is 0 Å². The zero-order valence-corrected chi connectivity index (χ0v) is 30.9. The first-order valence-electron chi connectivity index (χ1n) is 19.1. The summed E-state index contributed by atoms with van der Waals surface area (Å²) < 4.78 is 0. The molecule has 0 aliphatic heterocycles. The summed E-state index contributed by atoms with van der Waals surface area (Å²) in [6, 6.07) is 79.1. The van der Waals surface area contributed by atoms with Crippen LogP contribution in [0.4, 0.5) is 17.1 Å². The van der Waals surface area contributed by atoms with Gasteiger partial charge in [-0.25, -0.2) is 0 Å². The Bertz CT molecular complexity index is 2690. The lowest BCUT2D eigenvalue weighted by atomic mass is 9.91. The average molecular weight is 704 g/mol. The van der Waals surface area contributed by atoms with E-state index in [1.165, 1.54) is 72.0 Å². The molecule has 0 aliphatic carbocycles. The average Bonchev–Trinajstić information content (AvgIpc) is 3.26. The summed E-state index contributed by atoms with van der Waals surface area (Å²) in [6.45, 7) is 2.19. The Hall–Kier alpha value is -6.96. The largest absolute Gasteiger partial charge is 0.310 e. The van der Waals surface area contributed by atoms with Gasteiger partial charge in [-0.1, -0.05) is 182 Å². The Morgan fingerprint density at radius 3 is 1.53 bits per heavy atom. The molecule has 9 aromatic carbocycles. The SMILES string of the molecule is Cc1ccccc1Cc1ccc(-c2ccc(N(c3ccc(-c4ccc(-c5ccccc5)c(-c5ccccc5)c4)cc3)c3cccc4ccccc34)cc2)cc1. The molecule has 0 N–H and O–H groups in total. The number of hydrogen-bond acceptors (Lipinski definition) is 1. The first-order chi connectivity index (χ1) is 27.2. The predicted molar refractivity (Wildman–Crippen MR) is 234 cm³/mol. The van der Waals surface area contributed by atoms with E-state index in [2.05, 4.69) is 230 Å². The number of hydrogen-bond donors (Lipinski definition) is 0. The van der Waals surface area contributed by atoms with Crippen LogP contribution in [0.5, 0.6) is 0 Å². The fourth-order valence-corrected chi connectivity index (χ4v) is 7.73. The Labute approximate surface area is 324 Å². The summed E-state index contributed by atoms with van der Waals surface area (Å²) in [4.78, 5) is 2.38. The molecule has 0 fully saturated rings. The summed E-state index contributed by atoms with van der Waals surface area (Å²) in [6.07, 6.45) is 0.942. The lowest BCUT2D eigenvalue weighted by Crippen LogP contribution is -2.10. The van der Waals surface area contributed by atoms with Crippen LogP contribution in [-0.2, 0) is 6.42 Å². The van der Waals surface area contributed by atoms with Gasteiger partial charge in [0.2, 0.25) is 0 Å². The van der Waals surface area contributed by atoms with Gasteiger partial charge in [-0.3, -0.25) is 0 Å². The highest BCUT2D eigenvalue weighted by Crippen LogP contribution is 2.41. The summed E-state index contributed by atoms with van der Waals surface area (Å²) >= 11 is 0. The third kappa shape index (κ3) is 7.09. The number of benzene rings is 9. The highest BCUT2D eigenvalue weighted by molar-refractivity contribution is 5.99. The van der Waals surface area contributed by atoms with Gasteiger partial charge in [-0.15, -0.1) is 0 Å². The van der Waals surface area contributed by atoms with Crippen LogP contribution in [0.25, 0.3) is 55.3 Å². The molecule has 9 aromatic rings. The van der Waals surface area contributed by atoms with E-state index in [1.807, 2.05) is 0 Å². The molecule has 55 heavy (non-hydrogen) atoms. The molecule has 0 radical (unpaired) electrons. The minimum atomic E-state index is 0.942. The Balaban J connectivity index is 1.06. The van der Waals surface area contributed by atoms with Crippen LogP contribution in [-0.4, -0.2) is 0 Å². The zero-order chi connectivity index (χ0) is 37.0. The monoisotopic (exact) mass is 703 g/mol. The molecule has 1 heteroatoms. The molecular formula is C54H41N. The Morgan fingerprint density at radius 2 is 0.873 bits per heavy atom. The molecule has 0 amide bonds. The van der Waals surface area contributed by atoms with Crippen molar-refractivity contribution >= 4 is 27.8 Å². The first-order valence-corrected chi connectivity index (χ1v) is 19.1. The molecule has 0 atom stereocenters. The van der Waals surface area contributed by atoms with Crippen molar-refractivity contribution in [2.24, 2.45) is 0 Å². The van der Waals surface area contributed by atoms with Gasteiger partial charge in [-0.05, 0) is 116 Å². The van der Waals surface area contributed by atoms with E-state index < -0.39 is 0 Å². The van der Waals surface area contributed by atoms with Crippen LogP contribution in [0.3, 0.4) is 0 Å². The van der Waals surface area contributed by atoms with E-state index in [4.69, 9.17) is 0 Å². The van der Waals surface area contributed by atoms with Gasteiger partial charge in [0.05, 0.1) is 5.69 Å². The Morgan fingerprint density at radius 1 is 0.364 bits per heavy atom. The van der Waals surface area contributed by atoms with Crippen molar-refractivity contribution in [1.29, 1.82) is 0 Å². The summed E-state index contributed by atoms with van der Waals surface area (Å²) in [5.41, 5.74) is 17.1. The van der Waals surface area contributed by atoms with Gasteiger partial charge in [0.25, 0.3) is 0 Å². The highest BCUT2D eigenvalue weighted by Gasteiger charge is 2.17. The van der Waals surface area contributed by atoms with Crippen molar-refractivity contribution in [2.75, 3.05) is 4.90 Å². The van der Waals surface area contributed by atoms with Crippen LogP contribution < -0.4 is 4.90 Å². The smallest absolute Gasteiger partial charge is 0.0540 e. The molecule has 1 nitrogen and oxygen atoms in total. The lowest BCUT2D eigenvalue weighted by molar-refractivity contribution is 1.16. The van der Waals surface area contributed by atoms with Crippen LogP contribution in [0.2, 0.25) is 0 Å². The summed E-state index contributed by atoms with van der Waals surface area (Å²) in [5, 5.41) is 2.43. The topological polar surface area (TPSA) is 3.24 Å². The first kappa shape index (κ1) is 33.8. The quantitative estimate of drug-likeness (QED) is 0.145. The molecule has 0 aromatic heterocycles. The minimum absolute atomic E-state index is 0.942. The number of nitrogens with zero attached hydrogens (tertiary/aromatic N) is 1. The molecule has 9 rings (SSSR count). The molecule has 0 unspecified atom stereocenters. The zero-order valence-electron chi connectivity index (χ0n) is 30.9. The Kier molecular flexibility index (Phi) is 9.34. The summed E-state index contributed by atoms with van der Waals surface area (Å²) in [7, 11) is 0. The van der Waals surface area contributed by atoms with Crippen LogP contribution in [0.1, 0.15) is 16.7 Å². The van der Waals surface area contributed by atoms with Gasteiger partial charge >= 0.3 is 0 Å². The van der Waals surface area contributed by atoms with Crippen molar-refractivity contribution in [3.8, 4) is 44.5 Å². The molecule has 0 aliphatic rings. The van der Waals surface area contributed by atoms with Crippen LogP contribution >= 0.6 is 0 Å². The van der Waals surface area contributed by atoms with E-state index >= 15 is 0 Å². The second kappa shape index (κ2) is 15.2. The van der Waals surface area contributed by atoms with Crippen LogP contribution in [0, 0.1) is 6.92 Å². The lowest BCUT2D eigenvalue weighted by Gasteiger charge is -2.27. The van der Waals surface area contributed by atoms with Crippen molar-refractivity contribution in [2.45, 2.75) is 13.3 Å². The van der Waals surface area contributed by atoms with Crippen LogP contribution in [0.15, 0.2) is 218 Å². The van der Waals surface area contributed by atoms with Gasteiger partial charge in [0, 0.05) is 16.8 Å². The maximum absolute atomic E-state index is 2.38. The molecule has 0 spiro atoms. The second-order valence-electron chi connectivity index (χ2n) is 14.2. The fraction of sp³-hybridized carbons (Fsp3) is 0.0370. The van der Waals surface area contributed by atoms with E-state index in [0.29, 0.717) is 0 Å². The van der Waals surface area contributed by atoms with Gasteiger partial charge in [0.1, 0.15) is 0 Å². The van der Waals surface area contributed by atoms with Crippen molar-refractivity contribution in [3.63, 3.8) is 0 Å². The highest BCUT2D eigenvalue weighted by atomic mass is 15.1. The molecular weight excluding hydrogens is 663 g/mol. The van der Waals surface area contributed by atoms with E-state index in [9.17, 15) is 0 Å². The molecule has 0 saturated carbocycles. The minimum Gasteiger partial charge on any atom is -0.310 e. The second-order valence-corrected chi connectivity index (χ2v) is 14.2. The van der Waals surface area contributed by atoms with Gasteiger partial charge in [-0.2, -0.15) is 0 Å². The number of aryl methyl sites for hydroxylation is 1. The normalized spacial score (nSPS) is 11.1. The van der Waals surface area contributed by atoms with Crippen molar-refractivity contribution < 1.29 is 0 Å². The third-order valence-electron chi connectivity index (χ3n) is 10.7. The third-order valence-corrected chi connectivity index (χ3v) is 10.7. The maximum atomic E-state index is 2.38. The predicted octanol–water partition coefficient (Wildman–Crippen LogP) is 14.9. The van der Waals surface area contributed by atoms with Gasteiger partial charge < -0.3 is 4.90 Å². The molecule has 0 saturated heterocycles. The fourth-order valence-electron chi connectivity index (χ4n) is 7.73. The van der Waals surface area contributed by atoms with Gasteiger partial charge in [0.15, 0.2) is 0 Å². The van der Waals surface area contributed by atoms with E-state index in [-0.39, 0.29) is 0 Å². The van der Waals surface area contributed by atoms with E-state index in [1.54, 1.807) is 0 Å². The number of rotatable bonds is 9. The number of anilines is 3. The molecule has 262 valence electrons. The standard InChI is InChI=1S/C54H41N/c1-39-13-8-9-19-47(39)37-40-23-25-41(26-24-40)42-27-32-49(33-28-42)55(54-22-12-20-45-18-10-11-21-52(45)54)50-34-29-43(30-35-50)48-31-36-51(44-14-4-2-5-15-44)53(38-48)46-16-6-3-7-17-46/h2-36,38H,37H2,1H3. The summed E-state index contributed by atoms with van der Waals surface area (Å²) in [5.74, 6) is 0. The molecule has 0 heterocycles. The van der Waals surface area contributed by atoms with Crippen molar-refractivity contribution in [3.05, 3.63) is 235 Å².